The van der Waals surface area contributed by atoms with Crippen LogP contribution in [0.4, 0.5) is 5.95 Å². The molecule has 0 unspecified atom stereocenters. The van der Waals surface area contributed by atoms with Crippen LogP contribution in [0.15, 0.2) is 36.5 Å². The van der Waals surface area contributed by atoms with Crippen molar-refractivity contribution in [2.75, 3.05) is 26.1 Å². The summed E-state index contributed by atoms with van der Waals surface area (Å²) in [5, 5.41) is 6.42. The number of benzene rings is 1. The fourth-order valence-electron chi connectivity index (χ4n) is 3.58. The lowest BCUT2D eigenvalue weighted by Crippen LogP contribution is -2.36. The Morgan fingerprint density at radius 3 is 2.64 bits per heavy atom. The molecule has 2 aromatic rings. The minimum atomic E-state index is 0.0712. The molecule has 28 heavy (non-hydrogen) atoms. The van der Waals surface area contributed by atoms with Gasteiger partial charge in [-0.15, -0.1) is 0 Å². The number of methoxy groups -OCH3 is 2. The topological polar surface area (TPSA) is 85.4 Å². The Balaban J connectivity index is 1.41. The van der Waals surface area contributed by atoms with Crippen molar-refractivity contribution >= 4 is 11.9 Å². The standard InChI is InChI=1S/C21H28N4O3/c1-27-18-6-4-3-5-15(18)11-13-22-20(26)16-7-9-17(10-8-16)24-21-23-14-12-19(25-21)28-2/h3-6,12,14,16-17H,7-11,13H2,1-2H3,(H,22,26)(H,23,24,25). The molecule has 2 N–H and O–H groups in total. The number of carbonyl (C=O) groups is 1. The highest BCUT2D eigenvalue weighted by molar-refractivity contribution is 5.78. The van der Waals surface area contributed by atoms with Crippen LogP contribution in [-0.4, -0.2) is 42.7 Å². The van der Waals surface area contributed by atoms with E-state index in [4.69, 9.17) is 9.47 Å². The number of para-hydroxylation sites is 1. The minimum absolute atomic E-state index is 0.0712. The van der Waals surface area contributed by atoms with Gasteiger partial charge in [0.05, 0.1) is 14.2 Å². The van der Waals surface area contributed by atoms with Gasteiger partial charge in [0.1, 0.15) is 5.75 Å². The lowest BCUT2D eigenvalue weighted by atomic mass is 9.85. The Bertz CT molecular complexity index is 776. The number of amides is 1. The third-order valence-corrected chi connectivity index (χ3v) is 5.16. The Morgan fingerprint density at radius 1 is 1.11 bits per heavy atom. The molecule has 1 amide bonds. The first-order valence-corrected chi connectivity index (χ1v) is 9.72. The minimum Gasteiger partial charge on any atom is -0.496 e. The first kappa shape index (κ1) is 19.9. The normalized spacial score (nSPS) is 18.9. The molecule has 1 aliphatic rings. The molecule has 1 aliphatic carbocycles. The van der Waals surface area contributed by atoms with Gasteiger partial charge in [0.15, 0.2) is 0 Å². The van der Waals surface area contributed by atoms with Gasteiger partial charge in [0, 0.05) is 30.8 Å². The van der Waals surface area contributed by atoms with Gasteiger partial charge in [0.25, 0.3) is 0 Å². The van der Waals surface area contributed by atoms with E-state index < -0.39 is 0 Å². The number of hydrogen-bond acceptors (Lipinski definition) is 6. The maximum absolute atomic E-state index is 12.5. The van der Waals surface area contributed by atoms with E-state index in [0.717, 1.165) is 43.4 Å². The van der Waals surface area contributed by atoms with Crippen LogP contribution in [0.5, 0.6) is 11.6 Å². The number of nitrogens with zero attached hydrogens (tertiary/aromatic N) is 2. The molecule has 0 aliphatic heterocycles. The summed E-state index contributed by atoms with van der Waals surface area (Å²) in [6, 6.07) is 9.91. The maximum atomic E-state index is 12.5. The van der Waals surface area contributed by atoms with Crippen molar-refractivity contribution in [3.8, 4) is 11.6 Å². The van der Waals surface area contributed by atoms with E-state index in [1.165, 1.54) is 0 Å². The van der Waals surface area contributed by atoms with Crippen molar-refractivity contribution in [2.24, 2.45) is 5.92 Å². The largest absolute Gasteiger partial charge is 0.496 e. The molecule has 1 heterocycles. The zero-order chi connectivity index (χ0) is 19.8. The van der Waals surface area contributed by atoms with Crippen LogP contribution in [0.2, 0.25) is 0 Å². The van der Waals surface area contributed by atoms with Crippen LogP contribution in [0.25, 0.3) is 0 Å². The molecule has 7 nitrogen and oxygen atoms in total. The van der Waals surface area contributed by atoms with Gasteiger partial charge in [-0.1, -0.05) is 18.2 Å². The lowest BCUT2D eigenvalue weighted by molar-refractivity contribution is -0.125. The van der Waals surface area contributed by atoms with Crippen molar-refractivity contribution in [3.63, 3.8) is 0 Å². The highest BCUT2D eigenvalue weighted by Gasteiger charge is 2.26. The van der Waals surface area contributed by atoms with Crippen LogP contribution < -0.4 is 20.1 Å². The molecule has 7 heteroatoms. The molecular formula is C21H28N4O3. The average Bonchev–Trinajstić information content (AvgIpc) is 2.74. The second-order valence-corrected chi connectivity index (χ2v) is 6.97. The molecule has 1 aromatic heterocycles. The fraction of sp³-hybridized carbons (Fsp3) is 0.476. The third-order valence-electron chi connectivity index (χ3n) is 5.16. The van der Waals surface area contributed by atoms with Gasteiger partial charge in [-0.25, -0.2) is 4.98 Å². The number of anilines is 1. The summed E-state index contributed by atoms with van der Waals surface area (Å²) < 4.78 is 10.5. The monoisotopic (exact) mass is 384 g/mol. The zero-order valence-electron chi connectivity index (χ0n) is 16.5. The molecule has 3 rings (SSSR count). The second-order valence-electron chi connectivity index (χ2n) is 6.97. The van der Waals surface area contributed by atoms with Crippen molar-refractivity contribution in [1.29, 1.82) is 0 Å². The van der Waals surface area contributed by atoms with Crippen molar-refractivity contribution in [3.05, 3.63) is 42.1 Å². The highest BCUT2D eigenvalue weighted by Crippen LogP contribution is 2.26. The van der Waals surface area contributed by atoms with E-state index in [1.54, 1.807) is 26.5 Å². The molecule has 1 saturated carbocycles. The molecule has 150 valence electrons. The van der Waals surface area contributed by atoms with E-state index in [1.807, 2.05) is 24.3 Å². The molecule has 0 saturated heterocycles. The van der Waals surface area contributed by atoms with Crippen LogP contribution in [0.1, 0.15) is 31.2 Å². The van der Waals surface area contributed by atoms with Crippen LogP contribution >= 0.6 is 0 Å². The first-order chi connectivity index (χ1) is 13.7. The summed E-state index contributed by atoms with van der Waals surface area (Å²) in [4.78, 5) is 21.0. The Hall–Kier alpha value is -2.83. The first-order valence-electron chi connectivity index (χ1n) is 9.72. The Labute approximate surface area is 165 Å². The average molecular weight is 384 g/mol. The predicted molar refractivity (Wildman–Crippen MR) is 108 cm³/mol. The Kier molecular flexibility index (Phi) is 7.06. The summed E-state index contributed by atoms with van der Waals surface area (Å²) in [5.74, 6) is 2.20. The number of ether oxygens (including phenoxy) is 2. The summed E-state index contributed by atoms with van der Waals surface area (Å²) in [6.07, 6.45) is 6.01. The zero-order valence-corrected chi connectivity index (χ0v) is 16.5. The molecule has 0 bridgehead atoms. The number of aromatic nitrogens is 2. The molecule has 0 radical (unpaired) electrons. The molecule has 1 fully saturated rings. The number of hydrogen-bond donors (Lipinski definition) is 2. The molecule has 1 aromatic carbocycles. The lowest BCUT2D eigenvalue weighted by Gasteiger charge is -2.28. The van der Waals surface area contributed by atoms with Crippen molar-refractivity contribution in [2.45, 2.75) is 38.1 Å². The Morgan fingerprint density at radius 2 is 1.89 bits per heavy atom. The van der Waals surface area contributed by atoms with Crippen LogP contribution in [0, 0.1) is 5.92 Å². The van der Waals surface area contributed by atoms with E-state index in [2.05, 4.69) is 20.6 Å². The number of rotatable bonds is 8. The van der Waals surface area contributed by atoms with E-state index >= 15 is 0 Å². The van der Waals surface area contributed by atoms with Gasteiger partial charge < -0.3 is 20.1 Å². The van der Waals surface area contributed by atoms with Gasteiger partial charge in [-0.3, -0.25) is 4.79 Å². The van der Waals surface area contributed by atoms with Gasteiger partial charge in [-0.2, -0.15) is 4.98 Å². The molecule has 0 spiro atoms. The van der Waals surface area contributed by atoms with Crippen molar-refractivity contribution in [1.82, 2.24) is 15.3 Å². The summed E-state index contributed by atoms with van der Waals surface area (Å²) >= 11 is 0. The van der Waals surface area contributed by atoms with Crippen LogP contribution in [0.3, 0.4) is 0 Å². The van der Waals surface area contributed by atoms with E-state index in [0.29, 0.717) is 18.4 Å². The quantitative estimate of drug-likeness (QED) is 0.728. The highest BCUT2D eigenvalue weighted by atomic mass is 16.5. The van der Waals surface area contributed by atoms with Gasteiger partial charge in [0.2, 0.25) is 17.7 Å². The predicted octanol–water partition coefficient (Wildman–Crippen LogP) is 2.82. The third kappa shape index (κ3) is 5.34. The summed E-state index contributed by atoms with van der Waals surface area (Å²) in [5.41, 5.74) is 1.11. The van der Waals surface area contributed by atoms with Gasteiger partial charge in [-0.05, 0) is 43.7 Å². The number of carbonyl (C=O) groups excluding carboxylic acids is 1. The molecule has 0 atom stereocenters. The molecular weight excluding hydrogens is 356 g/mol. The van der Waals surface area contributed by atoms with Gasteiger partial charge >= 0.3 is 0 Å². The summed E-state index contributed by atoms with van der Waals surface area (Å²) in [7, 11) is 3.25. The second kappa shape index (κ2) is 9.92. The smallest absolute Gasteiger partial charge is 0.226 e. The van der Waals surface area contributed by atoms with E-state index in [-0.39, 0.29) is 17.9 Å². The van der Waals surface area contributed by atoms with Crippen LogP contribution in [-0.2, 0) is 11.2 Å². The SMILES string of the molecule is COc1ccnc(NC2CCC(C(=O)NCCc3ccccc3OC)CC2)n1. The van der Waals surface area contributed by atoms with Crippen molar-refractivity contribution < 1.29 is 14.3 Å². The van der Waals surface area contributed by atoms with E-state index in [9.17, 15) is 4.79 Å². The summed E-state index contributed by atoms with van der Waals surface area (Å²) in [6.45, 7) is 0.620. The number of nitrogens with one attached hydrogen (secondary N) is 2. The fourth-order valence-corrected chi connectivity index (χ4v) is 3.58. The maximum Gasteiger partial charge on any atom is 0.226 e.